The van der Waals surface area contributed by atoms with Crippen molar-refractivity contribution >= 4 is 23.3 Å². The molecule has 0 unspecified atom stereocenters. The van der Waals surface area contributed by atoms with Crippen molar-refractivity contribution in [1.82, 2.24) is 9.97 Å². The van der Waals surface area contributed by atoms with Gasteiger partial charge in [-0.15, -0.1) is 0 Å². The Hall–Kier alpha value is -2.14. The molecule has 1 aromatic heterocycles. The third kappa shape index (κ3) is 3.42. The van der Waals surface area contributed by atoms with Gasteiger partial charge in [-0.2, -0.15) is 0 Å². The minimum absolute atomic E-state index is 0.189. The van der Waals surface area contributed by atoms with Crippen molar-refractivity contribution < 1.29 is 9.90 Å². The lowest BCUT2D eigenvalue weighted by Crippen LogP contribution is -2.05. The number of rotatable bonds is 4. The van der Waals surface area contributed by atoms with Gasteiger partial charge in [0.25, 0.3) is 0 Å². The molecule has 0 aliphatic carbocycles. The Kier molecular flexibility index (Phi) is 3.97. The van der Waals surface area contributed by atoms with Gasteiger partial charge < -0.3 is 10.4 Å². The lowest BCUT2D eigenvalue weighted by atomic mass is 10.1. The van der Waals surface area contributed by atoms with Crippen LogP contribution in [0.3, 0.4) is 0 Å². The highest BCUT2D eigenvalue weighted by Gasteiger charge is 2.07. The van der Waals surface area contributed by atoms with E-state index < -0.39 is 5.97 Å². The predicted molar refractivity (Wildman–Crippen MR) is 72.5 cm³/mol. The highest BCUT2D eigenvalue weighted by Crippen LogP contribution is 2.16. The first kappa shape index (κ1) is 13.3. The van der Waals surface area contributed by atoms with Gasteiger partial charge in [0.1, 0.15) is 0 Å². The van der Waals surface area contributed by atoms with E-state index in [0.29, 0.717) is 6.54 Å². The Bertz CT molecular complexity index is 617. The molecule has 2 aromatic rings. The van der Waals surface area contributed by atoms with E-state index in [9.17, 15) is 4.79 Å². The molecule has 0 fully saturated rings. The van der Waals surface area contributed by atoms with Gasteiger partial charge >= 0.3 is 5.97 Å². The van der Waals surface area contributed by atoms with Crippen LogP contribution in [0.1, 0.15) is 21.6 Å². The van der Waals surface area contributed by atoms with Crippen molar-refractivity contribution in [2.45, 2.75) is 13.5 Å². The zero-order valence-corrected chi connectivity index (χ0v) is 11.0. The Morgan fingerprint density at radius 2 is 2.21 bits per heavy atom. The number of aromatic carboxylic acids is 1. The molecule has 98 valence electrons. The number of carbonyl (C=O) groups is 1. The predicted octanol–water partition coefficient (Wildman–Crippen LogP) is 2.75. The Labute approximate surface area is 115 Å². The van der Waals surface area contributed by atoms with E-state index in [4.69, 9.17) is 16.7 Å². The second-order valence-corrected chi connectivity index (χ2v) is 4.34. The summed E-state index contributed by atoms with van der Waals surface area (Å²) in [5.74, 6) is -0.939. The normalized spacial score (nSPS) is 10.2. The van der Waals surface area contributed by atoms with Crippen LogP contribution in [0.5, 0.6) is 0 Å². The fourth-order valence-electron chi connectivity index (χ4n) is 1.62. The summed E-state index contributed by atoms with van der Waals surface area (Å²) in [4.78, 5) is 18.9. The molecule has 5 nitrogen and oxygen atoms in total. The van der Waals surface area contributed by atoms with E-state index in [2.05, 4.69) is 15.3 Å². The highest BCUT2D eigenvalue weighted by atomic mass is 35.5. The van der Waals surface area contributed by atoms with Gasteiger partial charge in [-0.3, -0.25) is 0 Å². The zero-order chi connectivity index (χ0) is 13.8. The van der Waals surface area contributed by atoms with Crippen LogP contribution in [0.2, 0.25) is 5.28 Å². The van der Waals surface area contributed by atoms with Gasteiger partial charge in [-0.1, -0.05) is 6.07 Å². The number of aromatic nitrogens is 2. The molecule has 0 saturated heterocycles. The van der Waals surface area contributed by atoms with Gasteiger partial charge in [0.2, 0.25) is 5.28 Å². The minimum Gasteiger partial charge on any atom is -0.478 e. The number of anilines is 1. The lowest BCUT2D eigenvalue weighted by Gasteiger charge is -2.08. The molecule has 0 aliphatic heterocycles. The fourth-order valence-corrected chi connectivity index (χ4v) is 1.79. The summed E-state index contributed by atoms with van der Waals surface area (Å²) < 4.78 is 0. The van der Waals surface area contributed by atoms with Gasteiger partial charge in [0, 0.05) is 11.9 Å². The summed E-state index contributed by atoms with van der Waals surface area (Å²) in [6, 6.07) is 6.93. The molecular weight excluding hydrogens is 266 g/mol. The molecule has 1 aromatic carbocycles. The zero-order valence-electron chi connectivity index (χ0n) is 10.2. The molecule has 19 heavy (non-hydrogen) atoms. The molecule has 0 atom stereocenters. The maximum Gasteiger partial charge on any atom is 0.336 e. The summed E-state index contributed by atoms with van der Waals surface area (Å²) in [6.45, 7) is 2.21. The van der Waals surface area contributed by atoms with Crippen molar-refractivity contribution in [2.75, 3.05) is 5.32 Å². The number of hydrogen-bond acceptors (Lipinski definition) is 4. The number of benzene rings is 1. The summed E-state index contributed by atoms with van der Waals surface area (Å²) in [5, 5.41) is 12.3. The topological polar surface area (TPSA) is 75.1 Å². The molecule has 6 heteroatoms. The number of nitrogens with zero attached hydrogens (tertiary/aromatic N) is 2. The number of nitrogens with one attached hydrogen (secondary N) is 1. The van der Waals surface area contributed by atoms with Crippen LogP contribution in [0, 0.1) is 6.92 Å². The summed E-state index contributed by atoms with van der Waals surface area (Å²) >= 11 is 5.69. The van der Waals surface area contributed by atoms with Gasteiger partial charge in [-0.05, 0) is 42.3 Å². The first-order valence-corrected chi connectivity index (χ1v) is 5.99. The smallest absolute Gasteiger partial charge is 0.336 e. The van der Waals surface area contributed by atoms with Crippen LogP contribution in [-0.4, -0.2) is 21.0 Å². The van der Waals surface area contributed by atoms with Crippen LogP contribution in [0.15, 0.2) is 30.5 Å². The van der Waals surface area contributed by atoms with E-state index in [1.54, 1.807) is 31.3 Å². The average molecular weight is 278 g/mol. The SMILES string of the molecule is Cc1ccc(NCc2ccnc(Cl)n2)cc1C(=O)O. The second-order valence-electron chi connectivity index (χ2n) is 4.01. The van der Waals surface area contributed by atoms with Gasteiger partial charge in [-0.25, -0.2) is 14.8 Å². The van der Waals surface area contributed by atoms with Crippen LogP contribution in [0.25, 0.3) is 0 Å². The van der Waals surface area contributed by atoms with E-state index in [1.165, 1.54) is 0 Å². The molecule has 0 bridgehead atoms. The van der Waals surface area contributed by atoms with Crippen LogP contribution < -0.4 is 5.32 Å². The van der Waals surface area contributed by atoms with Crippen molar-refractivity contribution in [1.29, 1.82) is 0 Å². The maximum absolute atomic E-state index is 11.0. The van der Waals surface area contributed by atoms with Crippen molar-refractivity contribution in [2.24, 2.45) is 0 Å². The van der Waals surface area contributed by atoms with E-state index >= 15 is 0 Å². The molecule has 0 radical (unpaired) electrons. The lowest BCUT2D eigenvalue weighted by molar-refractivity contribution is 0.0696. The maximum atomic E-state index is 11.0. The van der Waals surface area contributed by atoms with Crippen LogP contribution in [-0.2, 0) is 6.54 Å². The largest absolute Gasteiger partial charge is 0.478 e. The third-order valence-electron chi connectivity index (χ3n) is 2.63. The number of carboxylic acids is 1. The first-order valence-electron chi connectivity index (χ1n) is 5.61. The van der Waals surface area contributed by atoms with Gasteiger partial charge in [0.05, 0.1) is 17.8 Å². The van der Waals surface area contributed by atoms with E-state index in [1.807, 2.05) is 6.07 Å². The van der Waals surface area contributed by atoms with Crippen molar-refractivity contribution in [3.8, 4) is 0 Å². The van der Waals surface area contributed by atoms with Crippen molar-refractivity contribution in [3.05, 3.63) is 52.6 Å². The second kappa shape index (κ2) is 5.67. The molecular formula is C13H12ClN3O2. The number of hydrogen-bond donors (Lipinski definition) is 2. The molecule has 2 N–H and O–H groups in total. The number of aryl methyl sites for hydroxylation is 1. The van der Waals surface area contributed by atoms with E-state index in [0.717, 1.165) is 16.9 Å². The minimum atomic E-state index is -0.939. The number of halogens is 1. The van der Waals surface area contributed by atoms with Crippen molar-refractivity contribution in [3.63, 3.8) is 0 Å². The standard InChI is InChI=1S/C13H12ClN3O2/c1-8-2-3-9(6-11(8)12(18)19)16-7-10-4-5-15-13(14)17-10/h2-6,16H,7H2,1H3,(H,18,19). The highest BCUT2D eigenvalue weighted by molar-refractivity contribution is 6.28. The summed E-state index contributed by atoms with van der Waals surface area (Å²) in [5.41, 5.74) is 2.46. The molecule has 0 spiro atoms. The first-order chi connectivity index (χ1) is 9.06. The van der Waals surface area contributed by atoms with E-state index in [-0.39, 0.29) is 10.8 Å². The summed E-state index contributed by atoms with van der Waals surface area (Å²) in [7, 11) is 0. The fraction of sp³-hybridized carbons (Fsp3) is 0.154. The monoisotopic (exact) mass is 277 g/mol. The summed E-state index contributed by atoms with van der Waals surface area (Å²) in [6.07, 6.45) is 1.57. The Balaban J connectivity index is 2.12. The molecule has 2 rings (SSSR count). The van der Waals surface area contributed by atoms with Crippen LogP contribution in [0.4, 0.5) is 5.69 Å². The number of carboxylic acid groups (broad SMARTS) is 1. The average Bonchev–Trinajstić information content (AvgIpc) is 2.37. The Morgan fingerprint density at radius 3 is 2.89 bits per heavy atom. The third-order valence-corrected chi connectivity index (χ3v) is 2.81. The molecule has 0 aliphatic rings. The molecule has 1 heterocycles. The van der Waals surface area contributed by atoms with Crippen LogP contribution >= 0.6 is 11.6 Å². The molecule has 0 amide bonds. The molecule has 0 saturated carbocycles. The van der Waals surface area contributed by atoms with Gasteiger partial charge in [0.15, 0.2) is 0 Å². The quantitative estimate of drug-likeness (QED) is 0.841. The Morgan fingerprint density at radius 1 is 1.42 bits per heavy atom.